The fourth-order valence-electron chi connectivity index (χ4n) is 1.87. The number of aromatic nitrogens is 2. The van der Waals surface area contributed by atoms with Crippen LogP contribution in [0.3, 0.4) is 0 Å². The molecule has 0 aliphatic heterocycles. The van der Waals surface area contributed by atoms with Crippen molar-refractivity contribution in [1.82, 2.24) is 9.78 Å². The zero-order valence-electron chi connectivity index (χ0n) is 11.4. The van der Waals surface area contributed by atoms with Crippen LogP contribution in [0.2, 0.25) is 0 Å². The van der Waals surface area contributed by atoms with Gasteiger partial charge >= 0.3 is 0 Å². The summed E-state index contributed by atoms with van der Waals surface area (Å²) in [5.74, 6) is -0.234. The van der Waals surface area contributed by atoms with Gasteiger partial charge in [0.15, 0.2) is 0 Å². The second-order valence-corrected chi connectivity index (χ2v) is 5.52. The minimum absolute atomic E-state index is 0.00248. The topological polar surface area (TPSA) is 17.8 Å². The summed E-state index contributed by atoms with van der Waals surface area (Å²) in [5.41, 5.74) is 2.92. The van der Waals surface area contributed by atoms with Crippen LogP contribution in [0.25, 0.3) is 5.69 Å². The fraction of sp³-hybridized carbons (Fsp3) is 0.400. The normalized spacial score (nSPS) is 11.8. The average molecular weight is 246 g/mol. The number of hydrogen-bond acceptors (Lipinski definition) is 1. The van der Waals surface area contributed by atoms with Crippen LogP contribution >= 0.6 is 0 Å². The van der Waals surface area contributed by atoms with E-state index in [2.05, 4.69) is 38.9 Å². The summed E-state index contributed by atoms with van der Waals surface area (Å²) in [5, 5.41) is 4.61. The van der Waals surface area contributed by atoms with Crippen LogP contribution in [0.15, 0.2) is 30.3 Å². The van der Waals surface area contributed by atoms with Crippen molar-refractivity contribution in [2.24, 2.45) is 0 Å². The van der Waals surface area contributed by atoms with Gasteiger partial charge in [0.25, 0.3) is 0 Å². The Hall–Kier alpha value is -1.64. The third-order valence-corrected chi connectivity index (χ3v) is 2.97. The molecule has 3 heteroatoms. The third kappa shape index (κ3) is 2.45. The summed E-state index contributed by atoms with van der Waals surface area (Å²) in [6.45, 7) is 8.47. The van der Waals surface area contributed by atoms with E-state index in [0.717, 1.165) is 23.5 Å². The molecule has 2 aromatic rings. The van der Waals surface area contributed by atoms with Gasteiger partial charge in [0, 0.05) is 11.1 Å². The SMILES string of the molecule is CCc1cc(C(C)(C)C)nn1-c1cccc(F)c1. The Morgan fingerprint density at radius 2 is 1.94 bits per heavy atom. The highest BCUT2D eigenvalue weighted by Gasteiger charge is 2.19. The summed E-state index contributed by atoms with van der Waals surface area (Å²) in [7, 11) is 0. The van der Waals surface area contributed by atoms with E-state index in [-0.39, 0.29) is 11.2 Å². The molecule has 0 unspecified atom stereocenters. The Morgan fingerprint density at radius 1 is 1.22 bits per heavy atom. The molecule has 0 aliphatic rings. The number of halogens is 1. The molecule has 0 radical (unpaired) electrons. The lowest BCUT2D eigenvalue weighted by molar-refractivity contribution is 0.559. The standard InChI is InChI=1S/C15H19FN2/c1-5-12-10-14(15(2,3)4)17-18(12)13-8-6-7-11(16)9-13/h6-10H,5H2,1-4H3. The first-order valence-electron chi connectivity index (χ1n) is 6.27. The van der Waals surface area contributed by atoms with E-state index in [1.54, 1.807) is 6.07 Å². The van der Waals surface area contributed by atoms with Crippen molar-refractivity contribution < 1.29 is 4.39 Å². The summed E-state index contributed by atoms with van der Waals surface area (Å²) in [4.78, 5) is 0. The van der Waals surface area contributed by atoms with Crippen LogP contribution in [0.5, 0.6) is 0 Å². The minimum Gasteiger partial charge on any atom is -0.237 e. The molecule has 96 valence electrons. The zero-order chi connectivity index (χ0) is 13.3. The van der Waals surface area contributed by atoms with Crippen molar-refractivity contribution in [2.75, 3.05) is 0 Å². The Balaban J connectivity index is 2.54. The van der Waals surface area contributed by atoms with Crippen LogP contribution in [0.4, 0.5) is 4.39 Å². The molecular formula is C15H19FN2. The molecule has 0 saturated carbocycles. The maximum Gasteiger partial charge on any atom is 0.125 e. The predicted octanol–water partition coefficient (Wildman–Crippen LogP) is 3.87. The fourth-order valence-corrected chi connectivity index (χ4v) is 1.87. The summed E-state index contributed by atoms with van der Waals surface area (Å²) < 4.78 is 15.1. The smallest absolute Gasteiger partial charge is 0.125 e. The van der Waals surface area contributed by atoms with Crippen molar-refractivity contribution in [3.63, 3.8) is 0 Å². The molecule has 0 N–H and O–H groups in total. The molecule has 0 amide bonds. The van der Waals surface area contributed by atoms with Gasteiger partial charge in [-0.3, -0.25) is 0 Å². The molecule has 1 aromatic carbocycles. The lowest BCUT2D eigenvalue weighted by Gasteiger charge is -2.14. The van der Waals surface area contributed by atoms with Crippen LogP contribution < -0.4 is 0 Å². The van der Waals surface area contributed by atoms with Gasteiger partial charge < -0.3 is 0 Å². The highest BCUT2D eigenvalue weighted by Crippen LogP contribution is 2.24. The number of rotatable bonds is 2. The molecule has 0 bridgehead atoms. The van der Waals surface area contributed by atoms with E-state index in [9.17, 15) is 4.39 Å². The van der Waals surface area contributed by atoms with Crippen molar-refractivity contribution in [3.05, 3.63) is 47.5 Å². The minimum atomic E-state index is -0.234. The molecular weight excluding hydrogens is 227 g/mol. The van der Waals surface area contributed by atoms with Crippen LogP contribution in [-0.4, -0.2) is 9.78 Å². The highest BCUT2D eigenvalue weighted by molar-refractivity contribution is 5.35. The van der Waals surface area contributed by atoms with Crippen molar-refractivity contribution >= 4 is 0 Å². The van der Waals surface area contributed by atoms with Crippen molar-refractivity contribution in [1.29, 1.82) is 0 Å². The van der Waals surface area contributed by atoms with Gasteiger partial charge in [-0.1, -0.05) is 33.8 Å². The van der Waals surface area contributed by atoms with E-state index in [0.29, 0.717) is 0 Å². The van der Waals surface area contributed by atoms with Crippen LogP contribution in [0, 0.1) is 5.82 Å². The molecule has 0 saturated heterocycles. The largest absolute Gasteiger partial charge is 0.237 e. The summed E-state index contributed by atoms with van der Waals surface area (Å²) in [6.07, 6.45) is 0.875. The Kier molecular flexibility index (Phi) is 3.24. The second-order valence-electron chi connectivity index (χ2n) is 5.52. The van der Waals surface area contributed by atoms with E-state index >= 15 is 0 Å². The summed E-state index contributed by atoms with van der Waals surface area (Å²) in [6, 6.07) is 8.65. The number of aryl methyl sites for hydroxylation is 1. The van der Waals surface area contributed by atoms with E-state index in [4.69, 9.17) is 0 Å². The molecule has 1 aromatic heterocycles. The Bertz CT molecular complexity index is 550. The van der Waals surface area contributed by atoms with Gasteiger partial charge in [-0.2, -0.15) is 5.10 Å². The first-order chi connectivity index (χ1) is 8.41. The van der Waals surface area contributed by atoms with Crippen molar-refractivity contribution in [2.45, 2.75) is 39.5 Å². The predicted molar refractivity (Wildman–Crippen MR) is 71.6 cm³/mol. The van der Waals surface area contributed by atoms with E-state index in [1.807, 2.05) is 10.7 Å². The van der Waals surface area contributed by atoms with E-state index < -0.39 is 0 Å². The van der Waals surface area contributed by atoms with Crippen molar-refractivity contribution in [3.8, 4) is 5.69 Å². The maximum atomic E-state index is 13.3. The van der Waals surface area contributed by atoms with E-state index in [1.165, 1.54) is 12.1 Å². The lowest BCUT2D eigenvalue weighted by Crippen LogP contribution is -2.12. The second kappa shape index (κ2) is 4.56. The van der Waals surface area contributed by atoms with Crippen LogP contribution in [-0.2, 0) is 11.8 Å². The third-order valence-electron chi connectivity index (χ3n) is 2.97. The molecule has 0 aliphatic carbocycles. The molecule has 0 atom stereocenters. The van der Waals surface area contributed by atoms with Crippen LogP contribution in [0.1, 0.15) is 39.1 Å². The maximum absolute atomic E-state index is 13.3. The lowest BCUT2D eigenvalue weighted by atomic mass is 9.92. The molecule has 1 heterocycles. The molecule has 2 nitrogen and oxygen atoms in total. The molecule has 2 rings (SSSR count). The van der Waals surface area contributed by atoms with Gasteiger partial charge in [-0.15, -0.1) is 0 Å². The van der Waals surface area contributed by atoms with Gasteiger partial charge in [0.1, 0.15) is 5.82 Å². The quantitative estimate of drug-likeness (QED) is 0.786. The monoisotopic (exact) mass is 246 g/mol. The van der Waals surface area contributed by atoms with Gasteiger partial charge in [-0.25, -0.2) is 9.07 Å². The van der Waals surface area contributed by atoms with Gasteiger partial charge in [-0.05, 0) is 30.7 Å². The molecule has 0 spiro atoms. The highest BCUT2D eigenvalue weighted by atomic mass is 19.1. The van der Waals surface area contributed by atoms with Gasteiger partial charge in [0.2, 0.25) is 0 Å². The number of benzene rings is 1. The first-order valence-corrected chi connectivity index (χ1v) is 6.27. The Labute approximate surface area is 107 Å². The molecule has 0 fully saturated rings. The van der Waals surface area contributed by atoms with Gasteiger partial charge in [0.05, 0.1) is 11.4 Å². The Morgan fingerprint density at radius 3 is 2.50 bits per heavy atom. The average Bonchev–Trinajstić information content (AvgIpc) is 2.72. The number of hydrogen-bond donors (Lipinski definition) is 0. The summed E-state index contributed by atoms with van der Waals surface area (Å²) >= 11 is 0. The first kappa shape index (κ1) is 12.8. The number of nitrogens with zero attached hydrogens (tertiary/aromatic N) is 2. The molecule has 18 heavy (non-hydrogen) atoms. The zero-order valence-corrected chi connectivity index (χ0v) is 11.4.